The molecule has 0 unspecified atom stereocenters. The first-order chi connectivity index (χ1) is 14.3. The summed E-state index contributed by atoms with van der Waals surface area (Å²) in [5.41, 5.74) is 5.20. The van der Waals surface area contributed by atoms with E-state index in [9.17, 15) is 0 Å². The number of hydrogen-bond acceptors (Lipinski definition) is 3. The molecule has 140 valence electrons. The molecule has 3 aromatic carbocycles. The van der Waals surface area contributed by atoms with E-state index in [0.717, 1.165) is 39.1 Å². The number of anilines is 1. The van der Waals surface area contributed by atoms with Crippen LogP contribution in [0, 0.1) is 6.92 Å². The van der Waals surface area contributed by atoms with Crippen LogP contribution in [0.2, 0.25) is 0 Å². The van der Waals surface area contributed by atoms with E-state index >= 15 is 0 Å². The fraction of sp³-hybridized carbons (Fsp3) is 0.0769. The van der Waals surface area contributed by atoms with E-state index in [2.05, 4.69) is 84.2 Å². The molecule has 0 fully saturated rings. The summed E-state index contributed by atoms with van der Waals surface area (Å²) in [5.74, 6) is 0.826. The van der Waals surface area contributed by atoms with Gasteiger partial charge in [-0.1, -0.05) is 84.9 Å². The monoisotopic (exact) mass is 375 g/mol. The van der Waals surface area contributed by atoms with Gasteiger partial charge in [0.1, 0.15) is 5.52 Å². The minimum atomic E-state index is 0.710. The maximum absolute atomic E-state index is 5.10. The summed E-state index contributed by atoms with van der Waals surface area (Å²) in [6.07, 6.45) is 0. The van der Waals surface area contributed by atoms with Gasteiger partial charge >= 0.3 is 0 Å². The first kappa shape index (κ1) is 17.4. The summed E-state index contributed by atoms with van der Waals surface area (Å²) >= 11 is 0. The van der Waals surface area contributed by atoms with E-state index in [4.69, 9.17) is 9.97 Å². The number of rotatable bonds is 4. The van der Waals surface area contributed by atoms with Crippen molar-refractivity contribution in [1.29, 1.82) is 0 Å². The molecule has 0 aliphatic heterocycles. The van der Waals surface area contributed by atoms with Gasteiger partial charge in [-0.05, 0) is 23.9 Å². The van der Waals surface area contributed by atoms with E-state index in [-0.39, 0.29) is 0 Å². The van der Waals surface area contributed by atoms with Gasteiger partial charge in [0.25, 0.3) is 0 Å². The SMILES string of the molecule is Cc1cc2c(nc(-c3ccccc3)c3ccccc32)c(NCc2ccccc2)n1. The third kappa shape index (κ3) is 3.32. The van der Waals surface area contributed by atoms with Crippen LogP contribution in [0.5, 0.6) is 0 Å². The lowest BCUT2D eigenvalue weighted by Crippen LogP contribution is -2.04. The van der Waals surface area contributed by atoms with Gasteiger partial charge in [0.15, 0.2) is 5.82 Å². The lowest BCUT2D eigenvalue weighted by Gasteiger charge is -2.14. The first-order valence-corrected chi connectivity index (χ1v) is 9.83. The maximum atomic E-state index is 5.10. The summed E-state index contributed by atoms with van der Waals surface area (Å²) in [4.78, 5) is 9.89. The highest BCUT2D eigenvalue weighted by molar-refractivity contribution is 6.13. The van der Waals surface area contributed by atoms with Crippen molar-refractivity contribution in [3.63, 3.8) is 0 Å². The van der Waals surface area contributed by atoms with Crippen molar-refractivity contribution in [2.24, 2.45) is 0 Å². The molecule has 1 N–H and O–H groups in total. The Balaban J connectivity index is 1.73. The zero-order valence-electron chi connectivity index (χ0n) is 16.3. The molecule has 0 aliphatic carbocycles. The molecule has 0 aliphatic rings. The van der Waals surface area contributed by atoms with Gasteiger partial charge in [-0.2, -0.15) is 0 Å². The quantitative estimate of drug-likeness (QED) is 0.371. The molecule has 0 atom stereocenters. The van der Waals surface area contributed by atoms with Crippen LogP contribution >= 0.6 is 0 Å². The largest absolute Gasteiger partial charge is 0.364 e. The molecule has 2 aromatic heterocycles. The Morgan fingerprint density at radius 1 is 0.690 bits per heavy atom. The van der Waals surface area contributed by atoms with E-state index < -0.39 is 0 Å². The van der Waals surface area contributed by atoms with Gasteiger partial charge in [0.2, 0.25) is 0 Å². The van der Waals surface area contributed by atoms with Gasteiger partial charge in [-0.15, -0.1) is 0 Å². The Morgan fingerprint density at radius 2 is 1.34 bits per heavy atom. The van der Waals surface area contributed by atoms with Crippen molar-refractivity contribution in [1.82, 2.24) is 9.97 Å². The molecular formula is C26H21N3. The van der Waals surface area contributed by atoms with Crippen molar-refractivity contribution in [3.05, 3.63) is 102 Å². The summed E-state index contributed by atoms with van der Waals surface area (Å²) in [6.45, 7) is 2.74. The second kappa shape index (κ2) is 7.36. The number of benzene rings is 3. The number of aromatic nitrogens is 2. The highest BCUT2D eigenvalue weighted by Crippen LogP contribution is 2.34. The van der Waals surface area contributed by atoms with Crippen LogP contribution in [-0.4, -0.2) is 9.97 Å². The molecule has 3 nitrogen and oxygen atoms in total. The van der Waals surface area contributed by atoms with Crippen molar-refractivity contribution in [2.45, 2.75) is 13.5 Å². The maximum Gasteiger partial charge on any atom is 0.153 e. The minimum Gasteiger partial charge on any atom is -0.364 e. The van der Waals surface area contributed by atoms with Crippen LogP contribution in [-0.2, 0) is 6.54 Å². The molecule has 0 bridgehead atoms. The van der Waals surface area contributed by atoms with Crippen molar-refractivity contribution >= 4 is 27.5 Å². The Morgan fingerprint density at radius 3 is 2.10 bits per heavy atom. The second-order valence-electron chi connectivity index (χ2n) is 7.22. The minimum absolute atomic E-state index is 0.710. The van der Waals surface area contributed by atoms with E-state index in [1.54, 1.807) is 0 Å². The zero-order chi connectivity index (χ0) is 19.6. The van der Waals surface area contributed by atoms with E-state index in [1.165, 1.54) is 10.9 Å². The van der Waals surface area contributed by atoms with Gasteiger partial charge in [-0.3, -0.25) is 0 Å². The molecule has 3 heteroatoms. The molecule has 0 radical (unpaired) electrons. The normalized spacial score (nSPS) is 11.1. The lowest BCUT2D eigenvalue weighted by atomic mass is 10.00. The average Bonchev–Trinajstić information content (AvgIpc) is 2.78. The fourth-order valence-corrected chi connectivity index (χ4v) is 3.80. The van der Waals surface area contributed by atoms with Crippen molar-refractivity contribution in [2.75, 3.05) is 5.32 Å². The highest BCUT2D eigenvalue weighted by Gasteiger charge is 2.14. The Kier molecular flexibility index (Phi) is 4.41. The van der Waals surface area contributed by atoms with Crippen molar-refractivity contribution < 1.29 is 0 Å². The number of pyridine rings is 2. The molecule has 5 rings (SSSR count). The number of fused-ring (bicyclic) bond motifs is 3. The summed E-state index contributed by atoms with van der Waals surface area (Å²) in [6, 6.07) is 31.3. The molecule has 29 heavy (non-hydrogen) atoms. The molecule has 2 heterocycles. The molecular weight excluding hydrogens is 354 g/mol. The Bertz CT molecular complexity index is 1300. The van der Waals surface area contributed by atoms with Gasteiger partial charge in [-0.25, -0.2) is 9.97 Å². The van der Waals surface area contributed by atoms with Crippen LogP contribution in [0.4, 0.5) is 5.82 Å². The van der Waals surface area contributed by atoms with Crippen LogP contribution in [0.25, 0.3) is 32.9 Å². The molecule has 0 amide bonds. The van der Waals surface area contributed by atoms with Crippen LogP contribution in [0.15, 0.2) is 91.0 Å². The first-order valence-electron chi connectivity index (χ1n) is 9.83. The predicted molar refractivity (Wildman–Crippen MR) is 121 cm³/mol. The van der Waals surface area contributed by atoms with Gasteiger partial charge in [0, 0.05) is 28.6 Å². The smallest absolute Gasteiger partial charge is 0.153 e. The number of nitrogens with one attached hydrogen (secondary N) is 1. The standard InChI is InChI=1S/C26H21N3/c1-18-16-23-21-14-8-9-15-22(21)24(20-12-6-3-7-13-20)29-25(23)26(28-18)27-17-19-10-4-2-5-11-19/h2-16H,17H2,1H3,(H,27,28). The third-order valence-corrected chi connectivity index (χ3v) is 5.17. The second-order valence-corrected chi connectivity index (χ2v) is 7.22. The topological polar surface area (TPSA) is 37.8 Å². The van der Waals surface area contributed by atoms with Crippen molar-refractivity contribution in [3.8, 4) is 11.3 Å². The van der Waals surface area contributed by atoms with Gasteiger partial charge in [0.05, 0.1) is 5.69 Å². The number of nitrogens with zero attached hydrogens (tertiary/aromatic N) is 2. The molecule has 0 saturated heterocycles. The molecule has 5 aromatic rings. The van der Waals surface area contributed by atoms with E-state index in [1.807, 2.05) is 19.1 Å². The van der Waals surface area contributed by atoms with Crippen LogP contribution < -0.4 is 5.32 Å². The third-order valence-electron chi connectivity index (χ3n) is 5.17. The Labute approximate surface area is 170 Å². The molecule has 0 spiro atoms. The zero-order valence-corrected chi connectivity index (χ0v) is 16.3. The predicted octanol–water partition coefficient (Wildman–Crippen LogP) is 6.37. The summed E-state index contributed by atoms with van der Waals surface area (Å²) in [7, 11) is 0. The number of aryl methyl sites for hydroxylation is 1. The summed E-state index contributed by atoms with van der Waals surface area (Å²) in [5, 5.41) is 7.00. The van der Waals surface area contributed by atoms with Crippen LogP contribution in [0.3, 0.4) is 0 Å². The number of hydrogen-bond donors (Lipinski definition) is 1. The Hall–Kier alpha value is -3.72. The fourth-order valence-electron chi connectivity index (χ4n) is 3.80. The highest BCUT2D eigenvalue weighted by atomic mass is 15.0. The van der Waals surface area contributed by atoms with Crippen LogP contribution in [0.1, 0.15) is 11.3 Å². The van der Waals surface area contributed by atoms with Gasteiger partial charge < -0.3 is 5.32 Å². The van der Waals surface area contributed by atoms with E-state index in [0.29, 0.717) is 6.54 Å². The summed E-state index contributed by atoms with van der Waals surface area (Å²) < 4.78 is 0. The lowest BCUT2D eigenvalue weighted by molar-refractivity contribution is 1.10. The molecule has 0 saturated carbocycles. The average molecular weight is 375 g/mol.